The molecule has 0 N–H and O–H groups in total. The van der Waals surface area contributed by atoms with Gasteiger partial charge in [0.15, 0.2) is 0 Å². The topological polar surface area (TPSA) is 60.2 Å². The zero-order chi connectivity index (χ0) is 15.5. The molecule has 22 heavy (non-hydrogen) atoms. The van der Waals surface area contributed by atoms with Gasteiger partial charge < -0.3 is 0 Å². The molecular weight excluding hydrogens is 298 g/mol. The van der Waals surface area contributed by atoms with Crippen LogP contribution in [-0.4, -0.2) is 10.7 Å². The minimum atomic E-state index is -0.419. The molecule has 0 bridgehead atoms. The Bertz CT molecular complexity index is 824. The maximum Gasteiger partial charge on any atom is 0.276 e. The van der Waals surface area contributed by atoms with Crippen LogP contribution in [0.1, 0.15) is 15.9 Å². The molecule has 0 amide bonds. The molecule has 0 spiro atoms. The van der Waals surface area contributed by atoms with Crippen molar-refractivity contribution < 1.29 is 9.72 Å². The largest absolute Gasteiger partial charge is 0.288 e. The van der Waals surface area contributed by atoms with Crippen molar-refractivity contribution in [3.8, 4) is 0 Å². The van der Waals surface area contributed by atoms with Crippen molar-refractivity contribution in [1.82, 2.24) is 0 Å². The second-order valence-corrected chi connectivity index (χ2v) is 5.72. The van der Waals surface area contributed by atoms with E-state index in [9.17, 15) is 14.9 Å². The SMILES string of the molecule is O=C1/C(=C/C=C/c2ccccc2[N+](=O)[O-])Sc2ccccc21. The van der Waals surface area contributed by atoms with Crippen LogP contribution in [0.15, 0.2) is 70.5 Å². The number of carbonyl (C=O) groups excluding carboxylic acids is 1. The molecule has 2 aromatic carbocycles. The van der Waals surface area contributed by atoms with Crippen molar-refractivity contribution >= 4 is 29.3 Å². The Balaban J connectivity index is 1.84. The van der Waals surface area contributed by atoms with Crippen molar-refractivity contribution in [2.24, 2.45) is 0 Å². The number of fused-ring (bicyclic) bond motifs is 1. The molecule has 1 aliphatic heterocycles. The average Bonchev–Trinajstić information content (AvgIpc) is 2.85. The Hall–Kier alpha value is -2.66. The van der Waals surface area contributed by atoms with Crippen LogP contribution in [0.4, 0.5) is 5.69 Å². The molecular formula is C17H11NO3S. The first-order valence-electron chi connectivity index (χ1n) is 6.60. The van der Waals surface area contributed by atoms with Crippen LogP contribution in [0.3, 0.4) is 0 Å². The monoisotopic (exact) mass is 309 g/mol. The van der Waals surface area contributed by atoms with Crippen molar-refractivity contribution in [3.05, 3.63) is 86.8 Å². The quantitative estimate of drug-likeness (QED) is 0.476. The highest BCUT2D eigenvalue weighted by atomic mass is 32.2. The van der Waals surface area contributed by atoms with Gasteiger partial charge in [0.05, 0.1) is 15.4 Å². The van der Waals surface area contributed by atoms with Crippen LogP contribution in [0, 0.1) is 10.1 Å². The summed E-state index contributed by atoms with van der Waals surface area (Å²) in [6.45, 7) is 0. The highest BCUT2D eigenvalue weighted by molar-refractivity contribution is 8.04. The molecule has 0 fully saturated rings. The summed E-state index contributed by atoms with van der Waals surface area (Å²) in [6, 6.07) is 13.9. The minimum Gasteiger partial charge on any atom is -0.288 e. The second-order valence-electron chi connectivity index (χ2n) is 4.63. The number of Topliss-reactive ketones (excluding diaryl/α,β-unsaturated/α-hetero) is 1. The fraction of sp³-hybridized carbons (Fsp3) is 0. The lowest BCUT2D eigenvalue weighted by atomic mass is 10.1. The number of ketones is 1. The van der Waals surface area contributed by atoms with E-state index >= 15 is 0 Å². The van der Waals surface area contributed by atoms with Gasteiger partial charge in [0, 0.05) is 16.5 Å². The van der Waals surface area contributed by atoms with Gasteiger partial charge in [-0.3, -0.25) is 14.9 Å². The van der Waals surface area contributed by atoms with Crippen LogP contribution in [-0.2, 0) is 0 Å². The highest BCUT2D eigenvalue weighted by Crippen LogP contribution is 2.39. The minimum absolute atomic E-state index is 0.00666. The van der Waals surface area contributed by atoms with E-state index in [2.05, 4.69) is 0 Å². The van der Waals surface area contributed by atoms with Gasteiger partial charge in [0.1, 0.15) is 0 Å². The number of thioether (sulfide) groups is 1. The highest BCUT2D eigenvalue weighted by Gasteiger charge is 2.24. The third kappa shape index (κ3) is 2.71. The van der Waals surface area contributed by atoms with Gasteiger partial charge in [0.25, 0.3) is 5.69 Å². The number of hydrogen-bond acceptors (Lipinski definition) is 4. The van der Waals surface area contributed by atoms with Crippen LogP contribution in [0.2, 0.25) is 0 Å². The van der Waals surface area contributed by atoms with Crippen molar-refractivity contribution in [2.75, 3.05) is 0 Å². The Morgan fingerprint density at radius 1 is 1.05 bits per heavy atom. The Morgan fingerprint density at radius 3 is 2.55 bits per heavy atom. The van der Waals surface area contributed by atoms with Gasteiger partial charge in [-0.15, -0.1) is 0 Å². The van der Waals surface area contributed by atoms with Crippen molar-refractivity contribution in [3.63, 3.8) is 0 Å². The van der Waals surface area contributed by atoms with E-state index in [4.69, 9.17) is 0 Å². The molecule has 0 aromatic heterocycles. The predicted molar refractivity (Wildman–Crippen MR) is 86.8 cm³/mol. The van der Waals surface area contributed by atoms with E-state index in [0.29, 0.717) is 16.0 Å². The van der Waals surface area contributed by atoms with Crippen molar-refractivity contribution in [1.29, 1.82) is 0 Å². The zero-order valence-electron chi connectivity index (χ0n) is 11.4. The molecule has 108 valence electrons. The third-order valence-electron chi connectivity index (χ3n) is 3.23. The van der Waals surface area contributed by atoms with E-state index in [1.165, 1.54) is 17.8 Å². The van der Waals surface area contributed by atoms with E-state index in [0.717, 1.165) is 4.90 Å². The van der Waals surface area contributed by atoms with Crippen LogP contribution >= 0.6 is 11.8 Å². The number of allylic oxidation sites excluding steroid dienone is 3. The number of carbonyl (C=O) groups is 1. The summed E-state index contributed by atoms with van der Waals surface area (Å²) in [5.41, 5.74) is 1.26. The molecule has 0 unspecified atom stereocenters. The Labute approximate surface area is 131 Å². The lowest BCUT2D eigenvalue weighted by Gasteiger charge is -1.95. The van der Waals surface area contributed by atoms with E-state index in [1.807, 2.05) is 18.2 Å². The van der Waals surface area contributed by atoms with Crippen LogP contribution in [0.25, 0.3) is 6.08 Å². The van der Waals surface area contributed by atoms with Gasteiger partial charge >= 0.3 is 0 Å². The standard InChI is InChI=1S/C17H11NO3S/c19-17-13-8-2-4-10-15(13)22-16(17)11-5-7-12-6-1-3-9-14(12)18(20)21/h1-11H/b7-5+,16-11-. The number of rotatable bonds is 3. The molecule has 0 atom stereocenters. The fourth-order valence-electron chi connectivity index (χ4n) is 2.18. The molecule has 4 nitrogen and oxygen atoms in total. The number of nitro benzene ring substituents is 1. The molecule has 0 aliphatic carbocycles. The molecule has 1 heterocycles. The molecule has 3 rings (SSSR count). The van der Waals surface area contributed by atoms with Gasteiger partial charge in [-0.25, -0.2) is 0 Å². The second kappa shape index (κ2) is 5.99. The summed E-state index contributed by atoms with van der Waals surface area (Å²) in [5, 5.41) is 10.9. The van der Waals surface area contributed by atoms with Gasteiger partial charge in [-0.1, -0.05) is 42.1 Å². The summed E-state index contributed by atoms with van der Waals surface area (Å²) in [4.78, 5) is 24.3. The summed E-state index contributed by atoms with van der Waals surface area (Å²) >= 11 is 1.42. The van der Waals surface area contributed by atoms with Gasteiger partial charge in [0.2, 0.25) is 5.78 Å². The molecule has 1 aliphatic rings. The number of nitrogens with zero attached hydrogens (tertiary/aromatic N) is 1. The fourth-order valence-corrected chi connectivity index (χ4v) is 3.19. The first-order valence-corrected chi connectivity index (χ1v) is 7.42. The number of para-hydroxylation sites is 1. The normalized spacial score (nSPS) is 15.5. The lowest BCUT2D eigenvalue weighted by molar-refractivity contribution is -0.385. The summed E-state index contributed by atoms with van der Waals surface area (Å²) in [5.74, 6) is -0.00666. The van der Waals surface area contributed by atoms with Gasteiger partial charge in [-0.2, -0.15) is 0 Å². The summed E-state index contributed by atoms with van der Waals surface area (Å²) < 4.78 is 0. The van der Waals surface area contributed by atoms with Crippen LogP contribution in [0.5, 0.6) is 0 Å². The van der Waals surface area contributed by atoms with Crippen molar-refractivity contribution in [2.45, 2.75) is 4.90 Å². The Morgan fingerprint density at radius 2 is 1.77 bits per heavy atom. The molecule has 0 saturated carbocycles. The smallest absolute Gasteiger partial charge is 0.276 e. The van der Waals surface area contributed by atoms with E-state index < -0.39 is 4.92 Å². The summed E-state index contributed by atoms with van der Waals surface area (Å²) in [6.07, 6.45) is 5.01. The first kappa shape index (κ1) is 14.3. The van der Waals surface area contributed by atoms with E-state index in [-0.39, 0.29) is 11.5 Å². The maximum atomic E-state index is 12.2. The lowest BCUT2D eigenvalue weighted by Crippen LogP contribution is -1.93. The van der Waals surface area contributed by atoms with Crippen LogP contribution < -0.4 is 0 Å². The molecule has 2 aromatic rings. The van der Waals surface area contributed by atoms with E-state index in [1.54, 1.807) is 42.5 Å². The number of hydrogen-bond donors (Lipinski definition) is 0. The maximum absolute atomic E-state index is 12.2. The molecule has 0 saturated heterocycles. The molecule has 5 heteroatoms. The van der Waals surface area contributed by atoms with Gasteiger partial charge in [-0.05, 0) is 30.4 Å². The number of benzene rings is 2. The average molecular weight is 309 g/mol. The third-order valence-corrected chi connectivity index (χ3v) is 4.35. The summed E-state index contributed by atoms with van der Waals surface area (Å²) in [7, 11) is 0. The Kier molecular flexibility index (Phi) is 3.89. The zero-order valence-corrected chi connectivity index (χ0v) is 12.2. The number of nitro groups is 1. The first-order chi connectivity index (χ1) is 10.7. The predicted octanol–water partition coefficient (Wildman–Crippen LogP) is 4.48. The molecule has 0 radical (unpaired) electrons.